The molecule has 0 bridgehead atoms. The summed E-state index contributed by atoms with van der Waals surface area (Å²) in [7, 11) is 3.18. The lowest BCUT2D eigenvalue weighted by Gasteiger charge is -2.41. The normalized spacial score (nSPS) is 18.0. The molecule has 0 spiro atoms. The van der Waals surface area contributed by atoms with Crippen LogP contribution >= 0.6 is 11.6 Å². The van der Waals surface area contributed by atoms with Crippen molar-refractivity contribution in [1.29, 1.82) is 0 Å². The van der Waals surface area contributed by atoms with Gasteiger partial charge in [-0.25, -0.2) is 0 Å². The Labute approximate surface area is 189 Å². The van der Waals surface area contributed by atoms with Crippen molar-refractivity contribution >= 4 is 34.5 Å². The maximum Gasteiger partial charge on any atom is 0.260 e. The van der Waals surface area contributed by atoms with Gasteiger partial charge in [-0.3, -0.25) is 4.79 Å². The van der Waals surface area contributed by atoms with Gasteiger partial charge in [0.05, 0.1) is 35.1 Å². The van der Waals surface area contributed by atoms with Crippen LogP contribution in [0.15, 0.2) is 47.0 Å². The van der Waals surface area contributed by atoms with Crippen LogP contribution in [0.1, 0.15) is 36.1 Å². The van der Waals surface area contributed by atoms with Gasteiger partial charge in [-0.1, -0.05) is 35.9 Å². The predicted octanol–water partition coefficient (Wildman–Crippen LogP) is 5.41. The summed E-state index contributed by atoms with van der Waals surface area (Å²) in [4.78, 5) is 12.6. The van der Waals surface area contributed by atoms with Gasteiger partial charge in [0.2, 0.25) is 5.76 Å². The van der Waals surface area contributed by atoms with Crippen LogP contribution in [0.3, 0.4) is 0 Å². The first-order valence-corrected chi connectivity index (χ1v) is 10.6. The Bertz CT molecular complexity index is 1240. The summed E-state index contributed by atoms with van der Waals surface area (Å²) in [5, 5.41) is 17.7. The molecule has 1 aliphatic carbocycles. The summed E-state index contributed by atoms with van der Waals surface area (Å²) >= 11 is 6.55. The Hall–Kier alpha value is -3.29. The third kappa shape index (κ3) is 3.16. The molecule has 2 N–H and O–H groups in total. The number of methoxy groups -OCH3 is 2. The molecule has 7 nitrogen and oxygen atoms in total. The second-order valence-electron chi connectivity index (χ2n) is 7.92. The number of carbonyl (C=O) groups is 1. The number of halogens is 1. The summed E-state index contributed by atoms with van der Waals surface area (Å²) in [6, 6.07) is 13.0. The Morgan fingerprint density at radius 2 is 1.91 bits per heavy atom. The van der Waals surface area contributed by atoms with E-state index in [1.807, 2.05) is 12.1 Å². The molecule has 164 valence electrons. The average molecular weight is 453 g/mol. The standard InChI is InChI=1S/C24H21ClN2O5/c1-30-20-12-19(32-27-20)22(28)21-16-10-15(17(25)11-18(16)26-23(21)29)13-4-6-14(7-5-13)24(31-2)8-3-9-24/h4-7,10-12,28H,3,8-9H2,1-2H3,(H,26,29). The van der Waals surface area contributed by atoms with E-state index in [0.717, 1.165) is 36.0 Å². The molecule has 0 radical (unpaired) electrons. The molecule has 0 saturated heterocycles. The topological polar surface area (TPSA) is 93.8 Å². The van der Waals surface area contributed by atoms with Gasteiger partial charge in [-0.05, 0) is 47.7 Å². The molecule has 2 aromatic carbocycles. The van der Waals surface area contributed by atoms with E-state index in [-0.39, 0.29) is 28.6 Å². The molecule has 0 atom stereocenters. The van der Waals surface area contributed by atoms with E-state index < -0.39 is 5.91 Å². The predicted molar refractivity (Wildman–Crippen MR) is 121 cm³/mol. The van der Waals surface area contributed by atoms with Crippen molar-refractivity contribution in [2.75, 3.05) is 19.5 Å². The summed E-state index contributed by atoms with van der Waals surface area (Å²) in [5.74, 6) is -0.551. The molecule has 2 aliphatic rings. The van der Waals surface area contributed by atoms with Gasteiger partial charge in [-0.2, -0.15) is 0 Å². The number of nitrogens with zero attached hydrogens (tertiary/aromatic N) is 1. The highest BCUT2D eigenvalue weighted by atomic mass is 35.5. The minimum atomic E-state index is -0.455. The zero-order valence-corrected chi connectivity index (χ0v) is 18.3. The third-order valence-corrected chi connectivity index (χ3v) is 6.61. The number of fused-ring (bicyclic) bond motifs is 1. The second kappa shape index (κ2) is 7.69. The fourth-order valence-corrected chi connectivity index (χ4v) is 4.57. The quantitative estimate of drug-likeness (QED) is 0.397. The van der Waals surface area contributed by atoms with Gasteiger partial charge >= 0.3 is 0 Å². The lowest BCUT2D eigenvalue weighted by atomic mass is 9.74. The van der Waals surface area contributed by atoms with Crippen molar-refractivity contribution in [3.8, 4) is 17.0 Å². The molecule has 2 heterocycles. The van der Waals surface area contributed by atoms with Gasteiger partial charge in [0, 0.05) is 18.2 Å². The van der Waals surface area contributed by atoms with Gasteiger partial charge in [0.25, 0.3) is 11.8 Å². The van der Waals surface area contributed by atoms with Crippen LogP contribution in [-0.2, 0) is 15.1 Å². The van der Waals surface area contributed by atoms with E-state index in [4.69, 9.17) is 25.6 Å². The number of amides is 1. The number of hydrogen-bond acceptors (Lipinski definition) is 6. The largest absolute Gasteiger partial charge is 0.504 e. The van der Waals surface area contributed by atoms with Crippen LogP contribution in [0.5, 0.6) is 5.88 Å². The van der Waals surface area contributed by atoms with Crippen LogP contribution in [0.2, 0.25) is 5.02 Å². The first-order valence-electron chi connectivity index (χ1n) is 10.2. The molecular weight excluding hydrogens is 432 g/mol. The molecule has 1 fully saturated rings. The Balaban J connectivity index is 1.56. The second-order valence-corrected chi connectivity index (χ2v) is 8.33. The average Bonchev–Trinajstić information content (AvgIpc) is 3.36. The van der Waals surface area contributed by atoms with Crippen molar-refractivity contribution in [3.63, 3.8) is 0 Å². The molecule has 3 aromatic rings. The van der Waals surface area contributed by atoms with E-state index in [1.165, 1.54) is 13.2 Å². The van der Waals surface area contributed by atoms with Crippen molar-refractivity contribution in [2.24, 2.45) is 0 Å². The van der Waals surface area contributed by atoms with Gasteiger partial charge in [0.1, 0.15) is 0 Å². The number of aliphatic hydroxyl groups is 1. The highest BCUT2D eigenvalue weighted by Gasteiger charge is 2.38. The Morgan fingerprint density at radius 3 is 2.50 bits per heavy atom. The first kappa shape index (κ1) is 20.6. The lowest BCUT2D eigenvalue weighted by Crippen LogP contribution is -2.35. The van der Waals surface area contributed by atoms with E-state index in [9.17, 15) is 9.90 Å². The lowest BCUT2D eigenvalue weighted by molar-refractivity contribution is -0.110. The molecule has 32 heavy (non-hydrogen) atoms. The summed E-state index contributed by atoms with van der Waals surface area (Å²) in [6.45, 7) is 0. The molecule has 8 heteroatoms. The molecular formula is C24H21ClN2O5. The molecule has 1 amide bonds. The zero-order chi connectivity index (χ0) is 22.5. The monoisotopic (exact) mass is 452 g/mol. The van der Waals surface area contributed by atoms with E-state index in [2.05, 4.69) is 22.6 Å². The molecule has 5 rings (SSSR count). The van der Waals surface area contributed by atoms with E-state index in [0.29, 0.717) is 16.3 Å². The first-order chi connectivity index (χ1) is 15.5. The van der Waals surface area contributed by atoms with E-state index >= 15 is 0 Å². The van der Waals surface area contributed by atoms with Crippen LogP contribution < -0.4 is 10.1 Å². The number of carbonyl (C=O) groups excluding carboxylic acids is 1. The van der Waals surface area contributed by atoms with Gasteiger partial charge in [0.15, 0.2) is 5.76 Å². The van der Waals surface area contributed by atoms with Crippen LogP contribution in [-0.4, -0.2) is 30.4 Å². The number of benzene rings is 2. The number of aromatic nitrogens is 1. The number of nitrogens with one attached hydrogen (secondary N) is 1. The molecule has 1 saturated carbocycles. The van der Waals surface area contributed by atoms with Crippen LogP contribution in [0.4, 0.5) is 5.69 Å². The highest BCUT2D eigenvalue weighted by molar-refractivity contribution is 6.38. The maximum absolute atomic E-state index is 12.6. The number of ether oxygens (including phenoxy) is 2. The molecule has 1 aliphatic heterocycles. The molecule has 0 unspecified atom stereocenters. The van der Waals surface area contributed by atoms with E-state index in [1.54, 1.807) is 19.2 Å². The van der Waals surface area contributed by atoms with Crippen molar-refractivity contribution in [1.82, 2.24) is 5.16 Å². The minimum absolute atomic E-state index is 0.0334. The number of rotatable bonds is 5. The van der Waals surface area contributed by atoms with Crippen molar-refractivity contribution in [3.05, 3.63) is 64.4 Å². The number of hydrogen-bond donors (Lipinski definition) is 2. The SMILES string of the molecule is COc1cc(C(O)=C2C(=O)Nc3cc(Cl)c(-c4ccc(C5(OC)CCC5)cc4)cc32)on1. The van der Waals surface area contributed by atoms with Crippen LogP contribution in [0.25, 0.3) is 22.5 Å². The van der Waals surface area contributed by atoms with Crippen LogP contribution in [0, 0.1) is 0 Å². The van der Waals surface area contributed by atoms with Gasteiger partial charge < -0.3 is 24.4 Å². The zero-order valence-electron chi connectivity index (χ0n) is 17.6. The highest BCUT2D eigenvalue weighted by Crippen LogP contribution is 2.46. The third-order valence-electron chi connectivity index (χ3n) is 6.29. The number of aliphatic hydroxyl groups excluding tert-OH is 1. The number of anilines is 1. The Kier molecular flexibility index (Phi) is 4.95. The van der Waals surface area contributed by atoms with Crippen molar-refractivity contribution < 1.29 is 23.9 Å². The molecule has 1 aromatic heterocycles. The van der Waals surface area contributed by atoms with Gasteiger partial charge in [-0.15, -0.1) is 0 Å². The smallest absolute Gasteiger partial charge is 0.260 e. The summed E-state index contributed by atoms with van der Waals surface area (Å²) < 4.78 is 15.9. The maximum atomic E-state index is 12.6. The summed E-state index contributed by atoms with van der Waals surface area (Å²) in [5.41, 5.74) is 3.71. The fourth-order valence-electron chi connectivity index (χ4n) is 4.30. The van der Waals surface area contributed by atoms with Crippen molar-refractivity contribution in [2.45, 2.75) is 24.9 Å². The summed E-state index contributed by atoms with van der Waals surface area (Å²) in [6.07, 6.45) is 3.18. The fraction of sp³-hybridized carbons (Fsp3) is 0.250. The Morgan fingerprint density at radius 1 is 1.16 bits per heavy atom. The minimum Gasteiger partial charge on any atom is -0.504 e.